The average Bonchev–Trinajstić information content (AvgIpc) is 2.98. The number of primary amides is 1. The maximum absolute atomic E-state index is 13.1. The first-order valence-corrected chi connectivity index (χ1v) is 14.0. The molecule has 6 rings (SSSR count). The van der Waals surface area contributed by atoms with Crippen molar-refractivity contribution in [3.05, 3.63) is 52.8 Å². The third kappa shape index (κ3) is 5.62. The summed E-state index contributed by atoms with van der Waals surface area (Å²) >= 11 is 0. The SMILES string of the molecule is NC(=O)c1cnc(N2CCC(CN3CCN(c4ccc5c(=O)n(C6CCC(=O)NC6=O)ncc5c4)CC3)CC2)cn1. The number of anilines is 2. The summed E-state index contributed by atoms with van der Waals surface area (Å²) < 4.78 is 1.19. The van der Waals surface area contributed by atoms with Crippen molar-refractivity contribution in [3.63, 3.8) is 0 Å². The van der Waals surface area contributed by atoms with E-state index in [9.17, 15) is 19.2 Å². The minimum Gasteiger partial charge on any atom is -0.369 e. The van der Waals surface area contributed by atoms with Crippen LogP contribution in [0.2, 0.25) is 0 Å². The highest BCUT2D eigenvalue weighted by Gasteiger charge is 2.30. The molecular formula is C28H33N9O4. The maximum Gasteiger partial charge on any atom is 0.275 e. The predicted molar refractivity (Wildman–Crippen MR) is 152 cm³/mol. The van der Waals surface area contributed by atoms with E-state index in [1.807, 2.05) is 18.2 Å². The van der Waals surface area contributed by atoms with Crippen LogP contribution >= 0.6 is 0 Å². The second kappa shape index (κ2) is 11.2. The predicted octanol–water partition coefficient (Wildman–Crippen LogP) is 0.302. The summed E-state index contributed by atoms with van der Waals surface area (Å²) in [4.78, 5) is 63.6. The molecule has 3 aromatic rings. The molecule has 214 valence electrons. The van der Waals surface area contributed by atoms with Crippen LogP contribution in [0.5, 0.6) is 0 Å². The first-order chi connectivity index (χ1) is 19.9. The van der Waals surface area contributed by atoms with Gasteiger partial charge in [-0.3, -0.25) is 29.4 Å². The quantitative estimate of drug-likeness (QED) is 0.402. The van der Waals surface area contributed by atoms with Crippen molar-refractivity contribution in [2.45, 2.75) is 31.7 Å². The van der Waals surface area contributed by atoms with E-state index in [1.54, 1.807) is 12.4 Å². The van der Waals surface area contributed by atoms with Gasteiger partial charge < -0.3 is 15.5 Å². The molecule has 3 saturated heterocycles. The molecule has 13 nitrogen and oxygen atoms in total. The number of piperidine rings is 2. The summed E-state index contributed by atoms with van der Waals surface area (Å²) in [5.41, 5.74) is 6.16. The monoisotopic (exact) mass is 559 g/mol. The number of piperazine rings is 1. The number of nitrogens with zero attached hydrogens (tertiary/aromatic N) is 7. The molecule has 3 fully saturated rings. The molecule has 1 unspecified atom stereocenters. The van der Waals surface area contributed by atoms with Gasteiger partial charge in [0.05, 0.1) is 24.0 Å². The highest BCUT2D eigenvalue weighted by atomic mass is 16.2. The summed E-state index contributed by atoms with van der Waals surface area (Å²) in [5, 5.41) is 7.81. The van der Waals surface area contributed by atoms with Crippen molar-refractivity contribution in [3.8, 4) is 0 Å². The molecule has 13 heteroatoms. The lowest BCUT2D eigenvalue weighted by Crippen LogP contribution is -2.49. The van der Waals surface area contributed by atoms with Crippen LogP contribution < -0.4 is 26.4 Å². The number of hydrogen-bond donors (Lipinski definition) is 2. The lowest BCUT2D eigenvalue weighted by Gasteiger charge is -2.39. The Balaban J connectivity index is 1.02. The number of benzene rings is 1. The smallest absolute Gasteiger partial charge is 0.275 e. The van der Waals surface area contributed by atoms with Gasteiger partial charge in [-0.15, -0.1) is 0 Å². The molecule has 41 heavy (non-hydrogen) atoms. The second-order valence-corrected chi connectivity index (χ2v) is 11.0. The van der Waals surface area contributed by atoms with Gasteiger partial charge in [0, 0.05) is 63.3 Å². The topological polar surface area (TPSA) is 160 Å². The number of nitrogens with two attached hydrogens (primary N) is 1. The molecule has 1 atom stereocenters. The first-order valence-electron chi connectivity index (χ1n) is 14.0. The van der Waals surface area contributed by atoms with E-state index in [1.165, 1.54) is 10.9 Å². The van der Waals surface area contributed by atoms with Crippen molar-refractivity contribution in [1.29, 1.82) is 0 Å². The first kappa shape index (κ1) is 26.8. The van der Waals surface area contributed by atoms with Crippen LogP contribution in [0, 0.1) is 5.92 Å². The minimum atomic E-state index is -0.770. The van der Waals surface area contributed by atoms with Gasteiger partial charge >= 0.3 is 0 Å². The van der Waals surface area contributed by atoms with Gasteiger partial charge in [0.15, 0.2) is 0 Å². The third-order valence-electron chi connectivity index (χ3n) is 8.38. The number of rotatable bonds is 6. The maximum atomic E-state index is 13.1. The second-order valence-electron chi connectivity index (χ2n) is 11.0. The fourth-order valence-corrected chi connectivity index (χ4v) is 6.00. The largest absolute Gasteiger partial charge is 0.369 e. The van der Waals surface area contributed by atoms with Crippen LogP contribution in [0.15, 0.2) is 41.6 Å². The minimum absolute atomic E-state index is 0.177. The van der Waals surface area contributed by atoms with Crippen LogP contribution in [0.25, 0.3) is 10.8 Å². The summed E-state index contributed by atoms with van der Waals surface area (Å²) in [7, 11) is 0. The zero-order chi connectivity index (χ0) is 28.5. The average molecular weight is 560 g/mol. The van der Waals surface area contributed by atoms with E-state index in [-0.39, 0.29) is 30.0 Å². The Morgan fingerprint density at radius 3 is 2.39 bits per heavy atom. The van der Waals surface area contributed by atoms with E-state index >= 15 is 0 Å². The molecule has 0 saturated carbocycles. The normalized spacial score (nSPS) is 20.8. The fraction of sp³-hybridized carbons (Fsp3) is 0.464. The van der Waals surface area contributed by atoms with Crippen LogP contribution in [0.4, 0.5) is 11.5 Å². The number of amides is 3. The number of hydrogen-bond acceptors (Lipinski definition) is 10. The van der Waals surface area contributed by atoms with E-state index in [0.29, 0.717) is 11.3 Å². The Morgan fingerprint density at radius 1 is 0.927 bits per heavy atom. The van der Waals surface area contributed by atoms with Gasteiger partial charge in [0.1, 0.15) is 17.6 Å². The van der Waals surface area contributed by atoms with Gasteiger partial charge in [0.25, 0.3) is 17.4 Å². The zero-order valence-electron chi connectivity index (χ0n) is 22.7. The van der Waals surface area contributed by atoms with Crippen LogP contribution in [-0.2, 0) is 9.59 Å². The number of imide groups is 1. The summed E-state index contributed by atoms with van der Waals surface area (Å²) in [6.07, 6.45) is 7.30. The highest BCUT2D eigenvalue weighted by molar-refractivity contribution is 5.99. The molecule has 5 heterocycles. The molecule has 3 aliphatic heterocycles. The summed E-state index contributed by atoms with van der Waals surface area (Å²) in [6.45, 7) is 6.61. The van der Waals surface area contributed by atoms with E-state index in [0.717, 1.165) is 75.5 Å². The molecule has 2 aromatic heterocycles. The Kier molecular flexibility index (Phi) is 7.35. The van der Waals surface area contributed by atoms with Gasteiger partial charge in [-0.2, -0.15) is 5.10 Å². The standard InChI is InChI=1S/C28H33N9O4/c29-26(39)22-15-31-24(16-30-22)36-7-5-18(6-8-36)17-34-9-11-35(12-10-34)20-1-2-21-19(13-20)14-32-37(28(21)41)23-3-4-25(38)33-27(23)40/h1-2,13-16,18,23H,3-12,17H2,(H2,29,39)(H,33,38,40). The Hall–Kier alpha value is -4.39. The molecule has 3 aliphatic rings. The van der Waals surface area contributed by atoms with Gasteiger partial charge in [-0.1, -0.05) is 0 Å². The highest BCUT2D eigenvalue weighted by Crippen LogP contribution is 2.25. The Bertz CT molecular complexity index is 1520. The van der Waals surface area contributed by atoms with Crippen LogP contribution in [0.1, 0.15) is 42.2 Å². The molecule has 0 spiro atoms. The Labute approximate surface area is 236 Å². The Morgan fingerprint density at radius 2 is 1.71 bits per heavy atom. The molecule has 0 bridgehead atoms. The lowest BCUT2D eigenvalue weighted by molar-refractivity contribution is -0.136. The van der Waals surface area contributed by atoms with Crippen molar-refractivity contribution in [1.82, 2.24) is 30.0 Å². The molecule has 0 radical (unpaired) electrons. The van der Waals surface area contributed by atoms with Crippen LogP contribution in [-0.4, -0.2) is 88.2 Å². The molecule has 3 N–H and O–H groups in total. The molecular weight excluding hydrogens is 526 g/mol. The lowest BCUT2D eigenvalue weighted by atomic mass is 9.96. The van der Waals surface area contributed by atoms with Crippen LogP contribution in [0.3, 0.4) is 0 Å². The van der Waals surface area contributed by atoms with Crippen molar-refractivity contribution >= 4 is 40.0 Å². The molecule has 3 amide bonds. The number of fused-ring (bicyclic) bond motifs is 1. The number of aromatic nitrogens is 4. The third-order valence-corrected chi connectivity index (χ3v) is 8.38. The van der Waals surface area contributed by atoms with Crippen molar-refractivity contribution in [2.75, 3.05) is 55.6 Å². The van der Waals surface area contributed by atoms with Crippen molar-refractivity contribution in [2.24, 2.45) is 11.7 Å². The van der Waals surface area contributed by atoms with Crippen molar-refractivity contribution < 1.29 is 14.4 Å². The summed E-state index contributed by atoms with van der Waals surface area (Å²) in [6, 6.07) is 4.99. The van der Waals surface area contributed by atoms with E-state index in [2.05, 4.69) is 35.1 Å². The molecule has 0 aliphatic carbocycles. The molecule has 1 aromatic carbocycles. The number of carbonyl (C=O) groups excluding carboxylic acids is 3. The zero-order valence-corrected chi connectivity index (χ0v) is 22.7. The van der Waals surface area contributed by atoms with Gasteiger partial charge in [0.2, 0.25) is 5.91 Å². The van der Waals surface area contributed by atoms with E-state index in [4.69, 9.17) is 5.73 Å². The van der Waals surface area contributed by atoms with E-state index < -0.39 is 17.9 Å². The summed E-state index contributed by atoms with van der Waals surface area (Å²) in [5.74, 6) is 0.0187. The number of nitrogens with one attached hydrogen (secondary N) is 1. The fourth-order valence-electron chi connectivity index (χ4n) is 6.00. The number of carbonyl (C=O) groups is 3. The van der Waals surface area contributed by atoms with Gasteiger partial charge in [-0.05, 0) is 43.4 Å². The van der Waals surface area contributed by atoms with Gasteiger partial charge in [-0.25, -0.2) is 14.6 Å².